The minimum absolute atomic E-state index is 0.0795. The lowest BCUT2D eigenvalue weighted by Crippen LogP contribution is -2.56. The zero-order valence-electron chi connectivity index (χ0n) is 22.7. The molecule has 0 unspecified atom stereocenters. The molecule has 9 nitrogen and oxygen atoms in total. The fraction of sp³-hybridized carbons (Fsp3) is 0.310. The number of nitrogens with zero attached hydrogens (tertiary/aromatic N) is 4. The van der Waals surface area contributed by atoms with Gasteiger partial charge in [0.1, 0.15) is 22.8 Å². The number of methoxy groups -OCH3 is 2. The van der Waals surface area contributed by atoms with Crippen molar-refractivity contribution in [3.8, 4) is 22.6 Å². The number of hydrogen-bond acceptors (Lipinski definition) is 8. The van der Waals surface area contributed by atoms with Crippen molar-refractivity contribution in [2.24, 2.45) is 0 Å². The Morgan fingerprint density at radius 3 is 2.35 bits per heavy atom. The molecule has 0 aliphatic carbocycles. The van der Waals surface area contributed by atoms with E-state index in [9.17, 15) is 4.79 Å². The summed E-state index contributed by atoms with van der Waals surface area (Å²) in [6, 6.07) is 8.82. The van der Waals surface area contributed by atoms with E-state index in [1.807, 2.05) is 12.1 Å². The van der Waals surface area contributed by atoms with Crippen molar-refractivity contribution in [2.45, 2.75) is 25.9 Å². The van der Waals surface area contributed by atoms with E-state index in [1.54, 1.807) is 30.6 Å². The Balaban J connectivity index is 1.42. The number of aromatic nitrogens is 3. The standard InChI is InChI=1S/C29H30Cl2N6O3/c1-29(2)16-37(12-11-35-29)15-17-5-8-22(34-14-17)36-28(38)19-7-6-18(26-27(19)33-10-9-32-26)23-24(30)20(39-3)13-21(40-4)25(23)31/h5-10,13-14,35H,11-12,15-16H2,1-4H3,(H,34,36,38). The van der Waals surface area contributed by atoms with Crippen molar-refractivity contribution in [3.63, 3.8) is 0 Å². The van der Waals surface area contributed by atoms with Crippen LogP contribution in [0.4, 0.5) is 5.82 Å². The number of pyridine rings is 1. The highest BCUT2D eigenvalue weighted by Gasteiger charge is 2.26. The topological polar surface area (TPSA) is 102 Å². The number of carbonyl (C=O) groups is 1. The van der Waals surface area contributed by atoms with Crippen LogP contribution in [0.5, 0.6) is 11.5 Å². The number of fused-ring (bicyclic) bond motifs is 1. The second-order valence-electron chi connectivity index (χ2n) is 10.2. The van der Waals surface area contributed by atoms with Gasteiger partial charge in [0.25, 0.3) is 5.91 Å². The smallest absolute Gasteiger partial charge is 0.259 e. The summed E-state index contributed by atoms with van der Waals surface area (Å²) in [5.41, 5.74) is 3.41. The van der Waals surface area contributed by atoms with Crippen molar-refractivity contribution < 1.29 is 14.3 Å². The number of anilines is 1. The Morgan fingerprint density at radius 2 is 1.73 bits per heavy atom. The third-order valence-corrected chi connectivity index (χ3v) is 7.59. The van der Waals surface area contributed by atoms with Crippen LogP contribution < -0.4 is 20.1 Å². The second kappa shape index (κ2) is 11.5. The maximum Gasteiger partial charge on any atom is 0.259 e. The van der Waals surface area contributed by atoms with E-state index >= 15 is 0 Å². The molecule has 40 heavy (non-hydrogen) atoms. The monoisotopic (exact) mass is 580 g/mol. The van der Waals surface area contributed by atoms with Crippen LogP contribution >= 0.6 is 23.2 Å². The first kappa shape index (κ1) is 28.0. The summed E-state index contributed by atoms with van der Waals surface area (Å²) in [4.78, 5) is 29.2. The molecular formula is C29H30Cl2N6O3. The molecule has 0 spiro atoms. The summed E-state index contributed by atoms with van der Waals surface area (Å²) in [6.07, 6.45) is 4.88. The molecule has 0 saturated carbocycles. The number of nitrogens with one attached hydrogen (secondary N) is 2. The third-order valence-electron chi connectivity index (χ3n) is 6.84. The van der Waals surface area contributed by atoms with Crippen molar-refractivity contribution >= 4 is 46.0 Å². The van der Waals surface area contributed by atoms with Crippen LogP contribution in [-0.4, -0.2) is 65.2 Å². The predicted molar refractivity (Wildman–Crippen MR) is 158 cm³/mol. The zero-order chi connectivity index (χ0) is 28.4. The fourth-order valence-electron chi connectivity index (χ4n) is 4.98. The Kier molecular flexibility index (Phi) is 8.09. The van der Waals surface area contributed by atoms with Gasteiger partial charge in [-0.05, 0) is 31.5 Å². The summed E-state index contributed by atoms with van der Waals surface area (Å²) in [5, 5.41) is 7.00. The molecule has 1 aliphatic heterocycles. The fourth-order valence-corrected chi connectivity index (χ4v) is 5.68. The molecule has 2 aromatic heterocycles. The summed E-state index contributed by atoms with van der Waals surface area (Å²) in [7, 11) is 3.02. The van der Waals surface area contributed by atoms with E-state index in [0.29, 0.717) is 55.1 Å². The van der Waals surface area contributed by atoms with Gasteiger partial charge in [-0.25, -0.2) is 4.98 Å². The number of ether oxygens (including phenoxy) is 2. The molecule has 208 valence electrons. The van der Waals surface area contributed by atoms with Crippen LogP contribution in [-0.2, 0) is 6.54 Å². The van der Waals surface area contributed by atoms with Crippen LogP contribution in [0.25, 0.3) is 22.2 Å². The highest BCUT2D eigenvalue weighted by molar-refractivity contribution is 6.41. The molecule has 11 heteroatoms. The van der Waals surface area contributed by atoms with Crippen LogP contribution in [0.1, 0.15) is 29.8 Å². The van der Waals surface area contributed by atoms with E-state index in [-0.39, 0.29) is 11.4 Å². The Hall–Kier alpha value is -3.50. The number of rotatable bonds is 7. The van der Waals surface area contributed by atoms with Gasteiger partial charge in [-0.3, -0.25) is 19.7 Å². The van der Waals surface area contributed by atoms with E-state index in [1.165, 1.54) is 20.4 Å². The highest BCUT2D eigenvalue weighted by atomic mass is 35.5. The van der Waals surface area contributed by atoms with Crippen molar-refractivity contribution in [1.29, 1.82) is 0 Å². The van der Waals surface area contributed by atoms with Gasteiger partial charge in [0.2, 0.25) is 0 Å². The largest absolute Gasteiger partial charge is 0.495 e. The normalized spacial score (nSPS) is 15.2. The van der Waals surface area contributed by atoms with Crippen LogP contribution in [0, 0.1) is 0 Å². The molecule has 2 N–H and O–H groups in total. The number of benzene rings is 2. The second-order valence-corrected chi connectivity index (χ2v) is 11.0. The Morgan fingerprint density at radius 1 is 1.02 bits per heavy atom. The van der Waals surface area contributed by atoms with Gasteiger partial charge in [0.05, 0.1) is 35.3 Å². The molecule has 0 atom stereocenters. The summed E-state index contributed by atoms with van der Waals surface area (Å²) in [6.45, 7) is 8.09. The minimum atomic E-state index is -0.360. The molecule has 0 radical (unpaired) electrons. The van der Waals surface area contributed by atoms with Crippen molar-refractivity contribution in [3.05, 3.63) is 70.1 Å². The first-order chi connectivity index (χ1) is 19.2. The lowest BCUT2D eigenvalue weighted by Gasteiger charge is -2.39. The first-order valence-corrected chi connectivity index (χ1v) is 13.5. The van der Waals surface area contributed by atoms with Gasteiger partial charge < -0.3 is 20.1 Å². The average Bonchev–Trinajstić information content (AvgIpc) is 2.94. The lowest BCUT2D eigenvalue weighted by atomic mass is 9.99. The SMILES string of the molecule is COc1cc(OC)c(Cl)c(-c2ccc(C(=O)Nc3ccc(CN4CCNC(C)(C)C4)cn3)c3nccnc23)c1Cl. The lowest BCUT2D eigenvalue weighted by molar-refractivity contribution is 0.102. The summed E-state index contributed by atoms with van der Waals surface area (Å²) in [5.74, 6) is 0.875. The maximum absolute atomic E-state index is 13.4. The number of carbonyl (C=O) groups excluding carboxylic acids is 1. The number of amides is 1. The summed E-state index contributed by atoms with van der Waals surface area (Å²) < 4.78 is 10.8. The maximum atomic E-state index is 13.4. The molecule has 0 bridgehead atoms. The van der Waals surface area contributed by atoms with Crippen LogP contribution in [0.15, 0.2) is 48.9 Å². The summed E-state index contributed by atoms with van der Waals surface area (Å²) >= 11 is 13.3. The molecule has 5 rings (SSSR count). The minimum Gasteiger partial charge on any atom is -0.495 e. The van der Waals surface area contributed by atoms with Gasteiger partial charge >= 0.3 is 0 Å². The van der Waals surface area contributed by atoms with Crippen molar-refractivity contribution in [1.82, 2.24) is 25.2 Å². The highest BCUT2D eigenvalue weighted by Crippen LogP contribution is 2.47. The van der Waals surface area contributed by atoms with Gasteiger partial charge in [0.15, 0.2) is 0 Å². The average molecular weight is 582 g/mol. The zero-order valence-corrected chi connectivity index (χ0v) is 24.2. The van der Waals surface area contributed by atoms with Crippen molar-refractivity contribution in [2.75, 3.05) is 39.2 Å². The first-order valence-electron chi connectivity index (χ1n) is 12.8. The molecule has 1 aliphatic rings. The molecule has 1 fully saturated rings. The van der Waals surface area contributed by atoms with Gasteiger partial charge in [-0.15, -0.1) is 0 Å². The number of hydrogen-bond donors (Lipinski definition) is 2. The van der Waals surface area contributed by atoms with Gasteiger partial charge in [-0.1, -0.05) is 35.3 Å². The molecule has 2 aromatic carbocycles. The van der Waals surface area contributed by atoms with Gasteiger partial charge in [0, 0.05) is 67.5 Å². The Labute approximate surface area is 242 Å². The molecular weight excluding hydrogens is 551 g/mol. The number of halogens is 2. The molecule has 3 heterocycles. The molecule has 1 saturated heterocycles. The number of piperazine rings is 1. The molecule has 4 aromatic rings. The van der Waals surface area contributed by atoms with E-state index in [2.05, 4.69) is 44.3 Å². The molecule has 1 amide bonds. The third kappa shape index (κ3) is 5.69. The van der Waals surface area contributed by atoms with E-state index < -0.39 is 0 Å². The Bertz CT molecular complexity index is 1530. The van der Waals surface area contributed by atoms with E-state index in [0.717, 1.165) is 31.7 Å². The van der Waals surface area contributed by atoms with Crippen LogP contribution in [0.2, 0.25) is 10.0 Å². The van der Waals surface area contributed by atoms with E-state index in [4.69, 9.17) is 32.7 Å². The van der Waals surface area contributed by atoms with Crippen LogP contribution in [0.3, 0.4) is 0 Å². The predicted octanol–water partition coefficient (Wildman–Crippen LogP) is 5.45. The van der Waals surface area contributed by atoms with Gasteiger partial charge in [-0.2, -0.15) is 0 Å². The quantitative estimate of drug-likeness (QED) is 0.297.